The number of hydrogen-bond acceptors (Lipinski definition) is 4. The molecule has 0 aliphatic heterocycles. The molecule has 1 aromatic rings. The molecule has 6 nitrogen and oxygen atoms in total. The van der Waals surface area contributed by atoms with Crippen molar-refractivity contribution < 1.29 is 13.2 Å². The molecule has 1 amide bonds. The summed E-state index contributed by atoms with van der Waals surface area (Å²) in [6, 6.07) is 6.37. The average molecular weight is 430 g/mol. The first-order valence-electron chi connectivity index (χ1n) is 9.88. The highest BCUT2D eigenvalue weighted by molar-refractivity contribution is 7.89. The monoisotopic (exact) mass is 429 g/mol. The summed E-state index contributed by atoms with van der Waals surface area (Å²) in [4.78, 5) is 12.9. The summed E-state index contributed by atoms with van der Waals surface area (Å²) in [5.74, 6) is 0.128. The number of rotatable bonds is 7. The zero-order valence-corrected chi connectivity index (χ0v) is 18.3. The molecule has 0 aromatic heterocycles. The Balaban J connectivity index is 0.00000280. The van der Waals surface area contributed by atoms with Crippen LogP contribution < -0.4 is 11.1 Å². The number of carbonyl (C=O) groups is 1. The quantitative estimate of drug-likeness (QED) is 0.696. The van der Waals surface area contributed by atoms with Gasteiger partial charge in [0.1, 0.15) is 0 Å². The van der Waals surface area contributed by atoms with E-state index >= 15 is 0 Å². The average Bonchev–Trinajstić information content (AvgIpc) is 3.54. The van der Waals surface area contributed by atoms with Crippen LogP contribution in [0.4, 0.5) is 0 Å². The highest BCUT2D eigenvalue weighted by Gasteiger charge is 2.41. The molecule has 2 fully saturated rings. The van der Waals surface area contributed by atoms with Gasteiger partial charge in [0.2, 0.25) is 10.0 Å². The van der Waals surface area contributed by atoms with Crippen LogP contribution >= 0.6 is 12.4 Å². The molecule has 8 heteroatoms. The van der Waals surface area contributed by atoms with Gasteiger partial charge in [-0.3, -0.25) is 4.79 Å². The Hall–Kier alpha value is -1.15. The van der Waals surface area contributed by atoms with E-state index in [1.807, 2.05) is 6.92 Å². The minimum Gasteiger partial charge on any atom is -0.345 e. The number of nitrogens with one attached hydrogen (secondary N) is 1. The zero-order valence-electron chi connectivity index (χ0n) is 16.7. The fraction of sp³-hybridized carbons (Fsp3) is 0.650. The van der Waals surface area contributed by atoms with Crippen LogP contribution in [0.2, 0.25) is 0 Å². The maximum atomic E-state index is 13.0. The van der Waals surface area contributed by atoms with Gasteiger partial charge < -0.3 is 11.1 Å². The minimum absolute atomic E-state index is 0. The second kappa shape index (κ2) is 9.11. The Morgan fingerprint density at radius 3 is 2.43 bits per heavy atom. The fourth-order valence-corrected chi connectivity index (χ4v) is 5.44. The SMILES string of the molecule is CN(C1CCCCC1)S(=O)(=O)c1cccc(C(=O)NC(C)(CN)C2CC2)c1.Cl. The van der Waals surface area contributed by atoms with Crippen molar-refractivity contribution in [2.45, 2.75) is 68.3 Å². The Kier molecular flexibility index (Phi) is 7.53. The first kappa shape index (κ1) is 23.1. The van der Waals surface area contributed by atoms with E-state index in [4.69, 9.17) is 5.73 Å². The molecule has 2 saturated carbocycles. The predicted molar refractivity (Wildman–Crippen MR) is 113 cm³/mol. The summed E-state index contributed by atoms with van der Waals surface area (Å²) in [5.41, 5.74) is 5.79. The standard InChI is InChI=1S/C20H31N3O3S.ClH/c1-20(14-21,16-11-12-16)22-19(24)15-7-6-10-18(13-15)27(25,26)23(2)17-8-4-3-5-9-17;/h6-7,10,13,16-17H,3-5,8-9,11-12,14,21H2,1-2H3,(H,22,24);1H. The molecule has 3 N–H and O–H groups in total. The van der Waals surface area contributed by atoms with Gasteiger partial charge in [0.25, 0.3) is 5.91 Å². The van der Waals surface area contributed by atoms with Crippen molar-refractivity contribution in [1.82, 2.24) is 9.62 Å². The van der Waals surface area contributed by atoms with Gasteiger partial charge in [-0.15, -0.1) is 12.4 Å². The lowest BCUT2D eigenvalue weighted by molar-refractivity contribution is 0.0897. The van der Waals surface area contributed by atoms with Crippen molar-refractivity contribution in [3.63, 3.8) is 0 Å². The molecule has 1 aromatic carbocycles. The van der Waals surface area contributed by atoms with E-state index in [0.717, 1.165) is 38.5 Å². The molecule has 2 aliphatic carbocycles. The van der Waals surface area contributed by atoms with Crippen LogP contribution in [0.3, 0.4) is 0 Å². The second-order valence-corrected chi connectivity index (χ2v) is 10.2. The molecule has 158 valence electrons. The summed E-state index contributed by atoms with van der Waals surface area (Å²) in [5, 5.41) is 3.02. The zero-order chi connectivity index (χ0) is 19.7. The molecular weight excluding hydrogens is 398 g/mol. The molecule has 2 aliphatic rings. The van der Waals surface area contributed by atoms with Crippen LogP contribution in [0, 0.1) is 5.92 Å². The van der Waals surface area contributed by atoms with Gasteiger partial charge in [-0.05, 0) is 56.7 Å². The first-order chi connectivity index (χ1) is 12.8. The Morgan fingerprint density at radius 2 is 1.86 bits per heavy atom. The van der Waals surface area contributed by atoms with Gasteiger partial charge in [-0.2, -0.15) is 4.31 Å². The van der Waals surface area contributed by atoms with E-state index < -0.39 is 15.6 Å². The summed E-state index contributed by atoms with van der Waals surface area (Å²) in [7, 11) is -1.97. The summed E-state index contributed by atoms with van der Waals surface area (Å²) < 4.78 is 27.6. The molecule has 0 saturated heterocycles. The summed E-state index contributed by atoms with van der Waals surface area (Å²) >= 11 is 0. The van der Waals surface area contributed by atoms with Crippen molar-refractivity contribution in [2.24, 2.45) is 11.7 Å². The van der Waals surface area contributed by atoms with Gasteiger partial charge in [0.05, 0.1) is 10.4 Å². The smallest absolute Gasteiger partial charge is 0.251 e. The molecule has 0 radical (unpaired) electrons. The lowest BCUT2D eigenvalue weighted by Crippen LogP contribution is -2.53. The third-order valence-electron chi connectivity index (χ3n) is 6.16. The van der Waals surface area contributed by atoms with Crippen LogP contribution in [0.5, 0.6) is 0 Å². The summed E-state index contributed by atoms with van der Waals surface area (Å²) in [6.45, 7) is 2.33. The van der Waals surface area contributed by atoms with Crippen LogP contribution in [-0.2, 0) is 10.0 Å². The van der Waals surface area contributed by atoms with Crippen molar-refractivity contribution in [3.8, 4) is 0 Å². The fourth-order valence-electron chi connectivity index (χ4n) is 3.98. The molecule has 28 heavy (non-hydrogen) atoms. The molecule has 1 atom stereocenters. The van der Waals surface area contributed by atoms with Gasteiger partial charge in [-0.1, -0.05) is 25.3 Å². The summed E-state index contributed by atoms with van der Waals surface area (Å²) in [6.07, 6.45) is 7.21. The Labute approximate surface area is 174 Å². The predicted octanol–water partition coefficient (Wildman–Crippen LogP) is 2.92. The third-order valence-corrected chi connectivity index (χ3v) is 8.07. The number of halogens is 1. The number of nitrogens with two attached hydrogens (primary N) is 1. The number of nitrogens with zero attached hydrogens (tertiary/aromatic N) is 1. The van der Waals surface area contributed by atoms with Crippen LogP contribution in [-0.4, -0.2) is 43.8 Å². The van der Waals surface area contributed by atoms with Crippen LogP contribution in [0.1, 0.15) is 62.2 Å². The van der Waals surface area contributed by atoms with E-state index in [0.29, 0.717) is 18.0 Å². The molecular formula is C20H32ClN3O3S. The van der Waals surface area contributed by atoms with Crippen molar-refractivity contribution in [1.29, 1.82) is 0 Å². The van der Waals surface area contributed by atoms with Gasteiger partial charge in [0.15, 0.2) is 0 Å². The van der Waals surface area contributed by atoms with Gasteiger partial charge >= 0.3 is 0 Å². The van der Waals surface area contributed by atoms with E-state index in [-0.39, 0.29) is 29.3 Å². The molecule has 3 rings (SSSR count). The number of sulfonamides is 1. The number of amides is 1. The van der Waals surface area contributed by atoms with Gasteiger partial charge in [0, 0.05) is 25.2 Å². The molecule has 0 heterocycles. The molecule has 0 spiro atoms. The first-order valence-corrected chi connectivity index (χ1v) is 11.3. The maximum absolute atomic E-state index is 13.0. The lowest BCUT2D eigenvalue weighted by atomic mass is 9.95. The van der Waals surface area contributed by atoms with Crippen LogP contribution in [0.25, 0.3) is 0 Å². The topological polar surface area (TPSA) is 92.5 Å². The van der Waals surface area contributed by atoms with Crippen molar-refractivity contribution >= 4 is 28.3 Å². The van der Waals surface area contributed by atoms with Crippen LogP contribution in [0.15, 0.2) is 29.2 Å². The van der Waals surface area contributed by atoms with E-state index in [9.17, 15) is 13.2 Å². The minimum atomic E-state index is -3.62. The molecule has 0 bridgehead atoms. The normalized spacial score (nSPS) is 20.3. The number of carbonyl (C=O) groups excluding carboxylic acids is 1. The van der Waals surface area contributed by atoms with Crippen molar-refractivity contribution in [3.05, 3.63) is 29.8 Å². The maximum Gasteiger partial charge on any atom is 0.251 e. The van der Waals surface area contributed by atoms with E-state index in [1.54, 1.807) is 25.2 Å². The third kappa shape index (κ3) is 4.87. The van der Waals surface area contributed by atoms with Crippen molar-refractivity contribution in [2.75, 3.05) is 13.6 Å². The van der Waals surface area contributed by atoms with E-state index in [1.165, 1.54) is 16.8 Å². The molecule has 1 unspecified atom stereocenters. The number of hydrogen-bond donors (Lipinski definition) is 2. The second-order valence-electron chi connectivity index (χ2n) is 8.19. The highest BCUT2D eigenvalue weighted by atomic mass is 35.5. The largest absolute Gasteiger partial charge is 0.345 e. The Bertz CT molecular complexity index is 792. The van der Waals surface area contributed by atoms with Gasteiger partial charge in [-0.25, -0.2) is 8.42 Å². The number of benzene rings is 1. The lowest BCUT2D eigenvalue weighted by Gasteiger charge is -2.31. The highest BCUT2D eigenvalue weighted by Crippen LogP contribution is 2.39. The van der Waals surface area contributed by atoms with E-state index in [2.05, 4.69) is 5.32 Å². The Morgan fingerprint density at radius 1 is 1.21 bits per heavy atom.